The molecule has 4 fully saturated rings. The molecule has 6 rings (SSSR count). The second kappa shape index (κ2) is 7.17. The highest BCUT2D eigenvalue weighted by atomic mass is 16.6. The molecule has 2 aliphatic carbocycles. The Morgan fingerprint density at radius 1 is 0.552 bits per heavy atom. The zero-order chi connectivity index (χ0) is 19.3. The Morgan fingerprint density at radius 2 is 0.828 bits per heavy atom. The molecule has 5 nitrogen and oxygen atoms in total. The molecule has 0 spiro atoms. The highest BCUT2D eigenvalue weighted by Gasteiger charge is 2.42. The molecule has 0 amide bonds. The van der Waals surface area contributed by atoms with Crippen LogP contribution in [0.25, 0.3) is 0 Å². The fourth-order valence-electron chi connectivity index (χ4n) is 4.90. The van der Waals surface area contributed by atoms with Crippen molar-refractivity contribution in [3.05, 3.63) is 48.6 Å². The summed E-state index contributed by atoms with van der Waals surface area (Å²) in [7, 11) is 0. The zero-order valence-corrected chi connectivity index (χ0v) is 16.8. The number of epoxide rings is 4. The SMILES string of the molecule is C1=CC(CC2CO2)(CC2CO2)C=CC1OC1C=CC(CC2CO2)(CC2CO2)C=C1. The van der Waals surface area contributed by atoms with Crippen molar-refractivity contribution >= 4 is 0 Å². The minimum Gasteiger partial charge on any atom is -0.373 e. The van der Waals surface area contributed by atoms with Crippen LogP contribution in [0.5, 0.6) is 0 Å². The highest BCUT2D eigenvalue weighted by molar-refractivity contribution is 5.27. The zero-order valence-electron chi connectivity index (χ0n) is 16.8. The Kier molecular flexibility index (Phi) is 4.58. The first-order valence-electron chi connectivity index (χ1n) is 11.1. The van der Waals surface area contributed by atoms with Gasteiger partial charge in [0.25, 0.3) is 0 Å². The molecule has 0 radical (unpaired) electrons. The minimum absolute atomic E-state index is 0.00805. The van der Waals surface area contributed by atoms with Gasteiger partial charge in [-0.15, -0.1) is 0 Å². The highest BCUT2D eigenvalue weighted by Crippen LogP contribution is 2.44. The molecular formula is C24H30O5. The van der Waals surface area contributed by atoms with Crippen LogP contribution in [0.1, 0.15) is 25.7 Å². The van der Waals surface area contributed by atoms with Crippen LogP contribution in [-0.2, 0) is 23.7 Å². The van der Waals surface area contributed by atoms with Gasteiger partial charge in [0.1, 0.15) is 0 Å². The first-order chi connectivity index (χ1) is 14.2. The van der Waals surface area contributed by atoms with Crippen molar-refractivity contribution in [1.82, 2.24) is 0 Å². The first-order valence-corrected chi connectivity index (χ1v) is 11.1. The lowest BCUT2D eigenvalue weighted by Crippen LogP contribution is -2.28. The summed E-state index contributed by atoms with van der Waals surface area (Å²) in [5.41, 5.74) is 0.119. The van der Waals surface area contributed by atoms with Gasteiger partial charge in [-0.1, -0.05) is 48.6 Å². The molecule has 0 aromatic rings. The molecular weight excluding hydrogens is 368 g/mol. The van der Waals surface area contributed by atoms with Crippen LogP contribution in [0.3, 0.4) is 0 Å². The van der Waals surface area contributed by atoms with Gasteiger partial charge >= 0.3 is 0 Å². The monoisotopic (exact) mass is 398 g/mol. The van der Waals surface area contributed by atoms with Crippen LogP contribution in [0.15, 0.2) is 48.6 Å². The Bertz CT molecular complexity index is 614. The Morgan fingerprint density at radius 3 is 1.07 bits per heavy atom. The number of ether oxygens (including phenoxy) is 5. The smallest absolute Gasteiger partial charge is 0.0950 e. The van der Waals surface area contributed by atoms with Gasteiger partial charge in [-0.05, 0) is 25.7 Å². The average Bonchev–Trinajstić information content (AvgIpc) is 3.51. The average molecular weight is 398 g/mol. The number of rotatable bonds is 10. The van der Waals surface area contributed by atoms with Gasteiger partial charge in [0, 0.05) is 10.8 Å². The van der Waals surface area contributed by atoms with Crippen LogP contribution in [0, 0.1) is 10.8 Å². The first kappa shape index (κ1) is 18.5. The van der Waals surface area contributed by atoms with Crippen molar-refractivity contribution < 1.29 is 23.7 Å². The Labute approximate surface area is 172 Å². The molecule has 0 saturated carbocycles. The van der Waals surface area contributed by atoms with E-state index < -0.39 is 0 Å². The normalized spacial score (nSPS) is 48.7. The van der Waals surface area contributed by atoms with Crippen molar-refractivity contribution in [2.75, 3.05) is 26.4 Å². The van der Waals surface area contributed by atoms with Gasteiger partial charge in [0.05, 0.1) is 63.1 Å². The number of hydrogen-bond donors (Lipinski definition) is 0. The Balaban J connectivity index is 1.07. The van der Waals surface area contributed by atoms with Crippen LogP contribution in [-0.4, -0.2) is 63.1 Å². The van der Waals surface area contributed by atoms with E-state index in [9.17, 15) is 0 Å². The largest absolute Gasteiger partial charge is 0.373 e. The van der Waals surface area contributed by atoms with Crippen molar-refractivity contribution in [3.63, 3.8) is 0 Å². The van der Waals surface area contributed by atoms with Gasteiger partial charge in [0.15, 0.2) is 0 Å². The number of hydrogen-bond acceptors (Lipinski definition) is 5. The van der Waals surface area contributed by atoms with Gasteiger partial charge in [0.2, 0.25) is 0 Å². The summed E-state index contributed by atoms with van der Waals surface area (Å²) in [6, 6.07) is 0. The molecule has 29 heavy (non-hydrogen) atoms. The molecule has 4 heterocycles. The lowest BCUT2D eigenvalue weighted by atomic mass is 9.75. The predicted molar refractivity (Wildman–Crippen MR) is 108 cm³/mol. The van der Waals surface area contributed by atoms with Crippen LogP contribution in [0.4, 0.5) is 0 Å². The van der Waals surface area contributed by atoms with Crippen LogP contribution >= 0.6 is 0 Å². The van der Waals surface area contributed by atoms with Crippen molar-refractivity contribution in [2.45, 2.75) is 62.3 Å². The third-order valence-electron chi connectivity index (χ3n) is 6.83. The third kappa shape index (κ3) is 4.75. The molecule has 4 atom stereocenters. The molecule has 4 unspecified atom stereocenters. The standard InChI is InChI=1S/C24H30O5/c1-5-23(9-19-13-25-19,10-20-14-26-20)6-2-17(1)29-18-3-7-24(8-4-18,11-21-15-27-21)12-22-16-28-22/h1-8,17-22H,9-16H2. The number of allylic oxidation sites excluding steroid dienone is 4. The second-order valence-electron chi connectivity index (χ2n) is 9.61. The van der Waals surface area contributed by atoms with Crippen molar-refractivity contribution in [3.8, 4) is 0 Å². The fourth-order valence-corrected chi connectivity index (χ4v) is 4.90. The lowest BCUT2D eigenvalue weighted by molar-refractivity contribution is 0.0893. The molecule has 6 aliphatic rings. The van der Waals surface area contributed by atoms with E-state index in [1.165, 1.54) is 0 Å². The van der Waals surface area contributed by atoms with E-state index in [1.54, 1.807) is 0 Å². The molecule has 156 valence electrons. The summed E-state index contributed by atoms with van der Waals surface area (Å²) in [6.45, 7) is 3.58. The molecule has 4 aliphatic heterocycles. The third-order valence-corrected chi connectivity index (χ3v) is 6.83. The van der Waals surface area contributed by atoms with Crippen LogP contribution in [0.2, 0.25) is 0 Å². The van der Waals surface area contributed by atoms with Gasteiger partial charge in [-0.3, -0.25) is 0 Å². The molecule has 5 heteroatoms. The van der Waals surface area contributed by atoms with Gasteiger partial charge in [-0.2, -0.15) is 0 Å². The maximum atomic E-state index is 6.33. The molecule has 0 aromatic carbocycles. The van der Waals surface area contributed by atoms with E-state index in [0.717, 1.165) is 52.1 Å². The quantitative estimate of drug-likeness (QED) is 0.418. The van der Waals surface area contributed by atoms with E-state index >= 15 is 0 Å². The summed E-state index contributed by atoms with van der Waals surface area (Å²) >= 11 is 0. The van der Waals surface area contributed by atoms with E-state index in [-0.39, 0.29) is 23.0 Å². The van der Waals surface area contributed by atoms with E-state index in [0.29, 0.717) is 24.4 Å². The summed E-state index contributed by atoms with van der Waals surface area (Å²) in [5.74, 6) is 0. The molecule has 0 aromatic heterocycles. The van der Waals surface area contributed by atoms with Crippen LogP contribution < -0.4 is 0 Å². The van der Waals surface area contributed by atoms with Crippen molar-refractivity contribution in [2.24, 2.45) is 10.8 Å². The molecule has 0 N–H and O–H groups in total. The van der Waals surface area contributed by atoms with E-state index in [1.807, 2.05) is 0 Å². The van der Waals surface area contributed by atoms with Gasteiger partial charge < -0.3 is 23.7 Å². The summed E-state index contributed by atoms with van der Waals surface area (Å²) < 4.78 is 28.3. The van der Waals surface area contributed by atoms with E-state index in [4.69, 9.17) is 23.7 Å². The second-order valence-corrected chi connectivity index (χ2v) is 9.61. The summed E-state index contributed by atoms with van der Waals surface area (Å²) in [4.78, 5) is 0. The van der Waals surface area contributed by atoms with Gasteiger partial charge in [-0.25, -0.2) is 0 Å². The van der Waals surface area contributed by atoms with E-state index in [2.05, 4.69) is 48.6 Å². The maximum Gasteiger partial charge on any atom is 0.0950 e. The molecule has 4 saturated heterocycles. The minimum atomic E-state index is 0.00805. The topological polar surface area (TPSA) is 59.4 Å². The summed E-state index contributed by atoms with van der Waals surface area (Å²) in [5, 5.41) is 0. The maximum absolute atomic E-state index is 6.33. The van der Waals surface area contributed by atoms with Crippen molar-refractivity contribution in [1.29, 1.82) is 0 Å². The Hall–Kier alpha value is -1.24. The predicted octanol–water partition coefficient (Wildman–Crippen LogP) is 3.12. The fraction of sp³-hybridized carbons (Fsp3) is 0.667. The summed E-state index contributed by atoms with van der Waals surface area (Å²) in [6.07, 6.45) is 24.0. The lowest BCUT2D eigenvalue weighted by Gasteiger charge is -2.33. The molecule has 0 bridgehead atoms.